The Balaban J connectivity index is 1.47. The third-order valence-corrected chi connectivity index (χ3v) is 6.91. The topological polar surface area (TPSA) is 104 Å². The Morgan fingerprint density at radius 2 is 1.94 bits per heavy atom. The summed E-state index contributed by atoms with van der Waals surface area (Å²) in [7, 11) is 0. The van der Waals surface area contributed by atoms with Crippen LogP contribution in [0.15, 0.2) is 12.1 Å². The van der Waals surface area contributed by atoms with Crippen molar-refractivity contribution >= 4 is 17.4 Å². The Labute approximate surface area is 193 Å². The Morgan fingerprint density at radius 1 is 1.22 bits per heavy atom. The number of pyridine rings is 1. The molecule has 32 heavy (non-hydrogen) atoms. The van der Waals surface area contributed by atoms with Gasteiger partial charge in [-0.1, -0.05) is 39.5 Å². The van der Waals surface area contributed by atoms with Gasteiger partial charge in [0.1, 0.15) is 17.6 Å². The van der Waals surface area contributed by atoms with Gasteiger partial charge in [-0.3, -0.25) is 10.2 Å². The van der Waals surface area contributed by atoms with E-state index in [1.54, 1.807) is 12.1 Å². The number of nitrogen functional groups attached to an aromatic ring is 1. The molecule has 1 aromatic rings. The molecular weight excluding hydrogens is 402 g/mol. The van der Waals surface area contributed by atoms with Gasteiger partial charge in [0.25, 0.3) is 5.91 Å². The van der Waals surface area contributed by atoms with E-state index < -0.39 is 0 Å². The summed E-state index contributed by atoms with van der Waals surface area (Å²) in [6.45, 7) is 7.43. The Bertz CT molecular complexity index is 755. The molecule has 1 amide bonds. The number of hydrogen-bond donors (Lipinski definition) is 3. The molecule has 178 valence electrons. The van der Waals surface area contributed by atoms with Crippen molar-refractivity contribution in [2.75, 3.05) is 25.4 Å². The first-order valence-corrected chi connectivity index (χ1v) is 12.5. The molecule has 2 aliphatic rings. The van der Waals surface area contributed by atoms with Gasteiger partial charge in [0.15, 0.2) is 0 Å². The SMILES string of the molecule is CCCC(CC)Oc1ccc(C(=N)C(=O)NC2CCN(CC3CCCCC3)CC2)c(N)n1. The van der Waals surface area contributed by atoms with E-state index in [9.17, 15) is 4.79 Å². The van der Waals surface area contributed by atoms with Crippen molar-refractivity contribution in [1.29, 1.82) is 5.41 Å². The van der Waals surface area contributed by atoms with Crippen LogP contribution in [0.4, 0.5) is 5.82 Å². The average molecular weight is 444 g/mol. The maximum Gasteiger partial charge on any atom is 0.270 e. The number of likely N-dealkylation sites (tertiary alicyclic amines) is 1. The minimum absolute atomic E-state index is 0.101. The first-order chi connectivity index (χ1) is 15.5. The molecule has 0 spiro atoms. The number of aromatic nitrogens is 1. The summed E-state index contributed by atoms with van der Waals surface area (Å²) in [5, 5.41) is 11.4. The van der Waals surface area contributed by atoms with Crippen LogP contribution in [-0.4, -0.2) is 53.3 Å². The van der Waals surface area contributed by atoms with Crippen LogP contribution < -0.4 is 15.8 Å². The third-order valence-electron chi connectivity index (χ3n) is 6.91. The maximum atomic E-state index is 12.7. The predicted octanol–water partition coefficient (Wildman–Crippen LogP) is 4.15. The summed E-state index contributed by atoms with van der Waals surface area (Å²) in [6, 6.07) is 3.49. The fourth-order valence-corrected chi connectivity index (χ4v) is 4.95. The zero-order valence-corrected chi connectivity index (χ0v) is 19.9. The Morgan fingerprint density at radius 3 is 2.56 bits per heavy atom. The molecule has 1 unspecified atom stereocenters. The minimum Gasteiger partial charge on any atom is -0.474 e. The van der Waals surface area contributed by atoms with Crippen molar-refractivity contribution in [3.63, 3.8) is 0 Å². The highest BCUT2D eigenvalue weighted by Gasteiger charge is 2.25. The lowest BCUT2D eigenvalue weighted by Crippen LogP contribution is -2.47. The summed E-state index contributed by atoms with van der Waals surface area (Å²) >= 11 is 0. The lowest BCUT2D eigenvalue weighted by atomic mass is 9.88. The standard InChI is InChI=1S/C25H41N5O2/c1-3-8-20(4-2)32-22-12-11-21(24(27)29-22)23(26)25(31)28-19-13-15-30(16-14-19)17-18-9-6-5-7-10-18/h11-12,18-20,26H,3-10,13-17H2,1-2H3,(H2,27,29)(H,28,31). The summed E-state index contributed by atoms with van der Waals surface area (Å²) < 4.78 is 5.90. The van der Waals surface area contributed by atoms with Crippen molar-refractivity contribution in [3.8, 4) is 5.88 Å². The molecule has 1 saturated carbocycles. The van der Waals surface area contributed by atoms with Gasteiger partial charge >= 0.3 is 0 Å². The largest absolute Gasteiger partial charge is 0.474 e. The summed E-state index contributed by atoms with van der Waals surface area (Å²) in [5.41, 5.74) is 6.29. The molecule has 3 rings (SSSR count). The maximum absolute atomic E-state index is 12.7. The normalized spacial score (nSPS) is 19.4. The highest BCUT2D eigenvalue weighted by molar-refractivity contribution is 6.45. The number of nitrogens with two attached hydrogens (primary N) is 1. The highest BCUT2D eigenvalue weighted by Crippen LogP contribution is 2.25. The van der Waals surface area contributed by atoms with Crippen LogP contribution in [0.2, 0.25) is 0 Å². The number of nitrogens with zero attached hydrogens (tertiary/aromatic N) is 2. The Kier molecular flexibility index (Phi) is 9.33. The number of amides is 1. The van der Waals surface area contributed by atoms with Crippen LogP contribution in [0.5, 0.6) is 5.88 Å². The molecule has 1 aliphatic carbocycles. The summed E-state index contributed by atoms with van der Waals surface area (Å²) in [4.78, 5) is 19.5. The van der Waals surface area contributed by atoms with Crippen LogP contribution in [0.1, 0.15) is 83.6 Å². The number of carbonyl (C=O) groups excluding carboxylic acids is 1. The van der Waals surface area contributed by atoms with Gasteiger partial charge in [0.05, 0.1) is 0 Å². The third kappa shape index (κ3) is 6.92. The van der Waals surface area contributed by atoms with Crippen molar-refractivity contribution in [3.05, 3.63) is 17.7 Å². The van der Waals surface area contributed by atoms with Gasteiger partial charge in [-0.2, -0.15) is 4.98 Å². The zero-order valence-electron chi connectivity index (χ0n) is 19.9. The molecule has 7 nitrogen and oxygen atoms in total. The number of hydrogen-bond acceptors (Lipinski definition) is 6. The van der Waals surface area contributed by atoms with Crippen LogP contribution >= 0.6 is 0 Å². The second-order valence-corrected chi connectivity index (χ2v) is 9.45. The molecule has 1 aromatic heterocycles. The molecule has 0 aromatic carbocycles. The second kappa shape index (κ2) is 12.2. The van der Waals surface area contributed by atoms with E-state index in [1.807, 2.05) is 0 Å². The Hall–Kier alpha value is -2.15. The molecule has 1 aliphatic heterocycles. The average Bonchev–Trinajstić information content (AvgIpc) is 2.80. The van der Waals surface area contributed by atoms with Crippen molar-refractivity contribution in [2.24, 2.45) is 5.92 Å². The van der Waals surface area contributed by atoms with E-state index in [0.717, 1.165) is 51.1 Å². The van der Waals surface area contributed by atoms with E-state index in [0.29, 0.717) is 11.4 Å². The van der Waals surface area contributed by atoms with E-state index >= 15 is 0 Å². The smallest absolute Gasteiger partial charge is 0.270 e. The number of piperidine rings is 1. The van der Waals surface area contributed by atoms with E-state index in [1.165, 1.54) is 38.6 Å². The quantitative estimate of drug-likeness (QED) is 0.471. The monoisotopic (exact) mass is 443 g/mol. The number of anilines is 1. The summed E-state index contributed by atoms with van der Waals surface area (Å²) in [6.07, 6.45) is 11.7. The van der Waals surface area contributed by atoms with Crippen molar-refractivity contribution < 1.29 is 9.53 Å². The van der Waals surface area contributed by atoms with Crippen molar-refractivity contribution in [1.82, 2.24) is 15.2 Å². The zero-order chi connectivity index (χ0) is 22.9. The van der Waals surface area contributed by atoms with Crippen LogP contribution in [0, 0.1) is 11.3 Å². The second-order valence-electron chi connectivity index (χ2n) is 9.45. The molecular formula is C25H41N5O2. The molecule has 4 N–H and O–H groups in total. The van der Waals surface area contributed by atoms with Gasteiger partial charge in [0.2, 0.25) is 5.88 Å². The fourth-order valence-electron chi connectivity index (χ4n) is 4.95. The first kappa shape index (κ1) is 24.5. The lowest BCUT2D eigenvalue weighted by molar-refractivity contribution is -0.115. The molecule has 1 saturated heterocycles. The van der Waals surface area contributed by atoms with Gasteiger partial charge in [-0.25, -0.2) is 0 Å². The number of carbonyl (C=O) groups is 1. The lowest BCUT2D eigenvalue weighted by Gasteiger charge is -2.35. The summed E-state index contributed by atoms with van der Waals surface area (Å²) in [5.74, 6) is 1.08. The highest BCUT2D eigenvalue weighted by atomic mass is 16.5. The van der Waals surface area contributed by atoms with Crippen LogP contribution in [0.3, 0.4) is 0 Å². The van der Waals surface area contributed by atoms with E-state index in [4.69, 9.17) is 15.9 Å². The molecule has 1 atom stereocenters. The van der Waals surface area contributed by atoms with Crippen LogP contribution in [-0.2, 0) is 4.79 Å². The van der Waals surface area contributed by atoms with Gasteiger partial charge in [-0.15, -0.1) is 0 Å². The van der Waals surface area contributed by atoms with E-state index in [-0.39, 0.29) is 29.6 Å². The first-order valence-electron chi connectivity index (χ1n) is 12.5. The number of nitrogens with one attached hydrogen (secondary N) is 2. The molecule has 0 radical (unpaired) electrons. The van der Waals surface area contributed by atoms with Crippen LogP contribution in [0.25, 0.3) is 0 Å². The number of ether oxygens (including phenoxy) is 1. The van der Waals surface area contributed by atoms with Gasteiger partial charge < -0.3 is 20.7 Å². The fraction of sp³-hybridized carbons (Fsp3) is 0.720. The van der Waals surface area contributed by atoms with Crippen molar-refractivity contribution in [2.45, 2.75) is 90.2 Å². The predicted molar refractivity (Wildman–Crippen MR) is 129 cm³/mol. The molecule has 7 heteroatoms. The number of rotatable bonds is 10. The molecule has 2 heterocycles. The molecule has 2 fully saturated rings. The van der Waals surface area contributed by atoms with Gasteiger partial charge in [0, 0.05) is 37.3 Å². The van der Waals surface area contributed by atoms with E-state index in [2.05, 4.69) is 29.0 Å². The van der Waals surface area contributed by atoms with Gasteiger partial charge in [-0.05, 0) is 50.5 Å². The molecule has 0 bridgehead atoms. The minimum atomic E-state index is -0.379.